The topological polar surface area (TPSA) is 75.7 Å². The van der Waals surface area contributed by atoms with E-state index in [1.165, 1.54) is 0 Å². The predicted octanol–water partition coefficient (Wildman–Crippen LogP) is 2.88. The van der Waals surface area contributed by atoms with Gasteiger partial charge in [-0.15, -0.1) is 0 Å². The first-order valence-corrected chi connectivity index (χ1v) is 9.78. The lowest BCUT2D eigenvalue weighted by atomic mass is 10.1. The smallest absolute Gasteiger partial charge is 0.311 e. The molecule has 6 nitrogen and oxygen atoms in total. The molecule has 0 unspecified atom stereocenters. The molecule has 1 atom stereocenters. The number of likely N-dealkylation sites (tertiary alicyclic amines) is 1. The molecule has 0 spiro atoms. The van der Waals surface area contributed by atoms with E-state index < -0.39 is 17.8 Å². The molecule has 1 fully saturated rings. The molecule has 0 aliphatic carbocycles. The number of carbonyl (C=O) groups excluding carboxylic acids is 3. The van der Waals surface area contributed by atoms with Gasteiger partial charge < -0.3 is 15.0 Å². The van der Waals surface area contributed by atoms with Crippen LogP contribution >= 0.6 is 0 Å². The highest BCUT2D eigenvalue weighted by Gasteiger charge is 2.35. The Morgan fingerprint density at radius 1 is 1.14 bits per heavy atom. The van der Waals surface area contributed by atoms with Crippen LogP contribution in [-0.2, 0) is 25.5 Å². The van der Waals surface area contributed by atoms with E-state index in [1.54, 1.807) is 4.90 Å². The fourth-order valence-corrected chi connectivity index (χ4v) is 3.37. The zero-order valence-electron chi connectivity index (χ0n) is 16.8. The van der Waals surface area contributed by atoms with Crippen molar-refractivity contribution >= 4 is 23.5 Å². The van der Waals surface area contributed by atoms with Gasteiger partial charge in [-0.05, 0) is 43.0 Å². The zero-order chi connectivity index (χ0) is 20.8. The van der Waals surface area contributed by atoms with Gasteiger partial charge in [0.1, 0.15) is 0 Å². The maximum atomic E-state index is 12.3. The minimum atomic E-state index is -0.522. The monoisotopic (exact) mass is 394 g/mol. The summed E-state index contributed by atoms with van der Waals surface area (Å²) in [5, 5.41) is 2.76. The quantitative estimate of drug-likeness (QED) is 0.733. The molecule has 152 valence electrons. The fourth-order valence-electron chi connectivity index (χ4n) is 3.37. The largest absolute Gasteiger partial charge is 0.455 e. The molecule has 0 radical (unpaired) electrons. The van der Waals surface area contributed by atoms with Gasteiger partial charge in [-0.25, -0.2) is 0 Å². The first-order valence-electron chi connectivity index (χ1n) is 9.78. The maximum Gasteiger partial charge on any atom is 0.311 e. The summed E-state index contributed by atoms with van der Waals surface area (Å²) in [5.41, 5.74) is 3.82. The normalized spacial score (nSPS) is 16.0. The van der Waals surface area contributed by atoms with Crippen LogP contribution in [-0.4, -0.2) is 42.4 Å². The minimum absolute atomic E-state index is 0.0530. The van der Waals surface area contributed by atoms with Gasteiger partial charge in [0.05, 0.1) is 5.92 Å². The Hall–Kier alpha value is -3.15. The number of aryl methyl sites for hydroxylation is 2. The van der Waals surface area contributed by atoms with Gasteiger partial charge in [-0.3, -0.25) is 14.4 Å². The lowest BCUT2D eigenvalue weighted by Gasteiger charge is -2.16. The van der Waals surface area contributed by atoms with Gasteiger partial charge in [0.15, 0.2) is 6.61 Å². The van der Waals surface area contributed by atoms with Crippen molar-refractivity contribution in [2.24, 2.45) is 5.92 Å². The van der Waals surface area contributed by atoms with Crippen molar-refractivity contribution < 1.29 is 19.1 Å². The number of nitrogens with one attached hydrogen (secondary N) is 1. The van der Waals surface area contributed by atoms with Gasteiger partial charge in [-0.1, -0.05) is 42.5 Å². The van der Waals surface area contributed by atoms with E-state index in [1.807, 2.05) is 62.4 Å². The number of esters is 1. The maximum absolute atomic E-state index is 12.3. The third-order valence-electron chi connectivity index (χ3n) is 5.07. The molecular weight excluding hydrogens is 368 g/mol. The van der Waals surface area contributed by atoms with Crippen LogP contribution in [0.25, 0.3) is 0 Å². The SMILES string of the molecule is Cc1ccc(C)c(NC(=O)COC(=O)[C@H]2CC(=O)N(CCc3ccccc3)C2)c1. The second-order valence-electron chi connectivity index (χ2n) is 7.45. The van der Waals surface area contributed by atoms with E-state index in [2.05, 4.69) is 5.32 Å². The second-order valence-corrected chi connectivity index (χ2v) is 7.45. The molecule has 6 heteroatoms. The highest BCUT2D eigenvalue weighted by atomic mass is 16.5. The highest BCUT2D eigenvalue weighted by Crippen LogP contribution is 2.20. The van der Waals surface area contributed by atoms with Crippen molar-refractivity contribution in [3.05, 3.63) is 65.2 Å². The molecule has 1 aliphatic rings. The molecule has 1 heterocycles. The average Bonchev–Trinajstić information content (AvgIpc) is 3.09. The zero-order valence-corrected chi connectivity index (χ0v) is 16.8. The van der Waals surface area contributed by atoms with Crippen molar-refractivity contribution in [3.63, 3.8) is 0 Å². The summed E-state index contributed by atoms with van der Waals surface area (Å²) >= 11 is 0. The number of benzene rings is 2. The number of rotatable bonds is 7. The number of amides is 2. The Morgan fingerprint density at radius 3 is 2.66 bits per heavy atom. The molecular formula is C23H26N2O4. The third-order valence-corrected chi connectivity index (χ3v) is 5.07. The second kappa shape index (κ2) is 9.37. The summed E-state index contributed by atoms with van der Waals surface area (Å²) in [6, 6.07) is 15.7. The van der Waals surface area contributed by atoms with E-state index in [4.69, 9.17) is 4.74 Å². The molecule has 29 heavy (non-hydrogen) atoms. The summed E-state index contributed by atoms with van der Waals surface area (Å²) in [7, 11) is 0. The lowest BCUT2D eigenvalue weighted by molar-refractivity contribution is -0.151. The van der Waals surface area contributed by atoms with Gasteiger partial charge in [0.25, 0.3) is 5.91 Å². The van der Waals surface area contributed by atoms with E-state index in [-0.39, 0.29) is 18.9 Å². The van der Waals surface area contributed by atoms with Gasteiger partial charge >= 0.3 is 5.97 Å². The fraction of sp³-hybridized carbons (Fsp3) is 0.348. The summed E-state index contributed by atoms with van der Waals surface area (Å²) in [6.45, 7) is 4.38. The van der Waals surface area contributed by atoms with Crippen LogP contribution in [0.4, 0.5) is 5.69 Å². The van der Waals surface area contributed by atoms with Crippen LogP contribution in [0.3, 0.4) is 0 Å². The Bertz CT molecular complexity index is 895. The van der Waals surface area contributed by atoms with Crippen LogP contribution in [0, 0.1) is 19.8 Å². The third kappa shape index (κ3) is 5.67. The van der Waals surface area contributed by atoms with Crippen LogP contribution < -0.4 is 5.32 Å². The van der Waals surface area contributed by atoms with E-state index in [0.717, 1.165) is 23.1 Å². The molecule has 1 aliphatic heterocycles. The number of hydrogen-bond donors (Lipinski definition) is 1. The van der Waals surface area contributed by atoms with Crippen molar-refractivity contribution in [1.29, 1.82) is 0 Å². The summed E-state index contributed by atoms with van der Waals surface area (Å²) in [4.78, 5) is 38.3. The Labute approximate surface area is 170 Å². The molecule has 2 aromatic rings. The molecule has 1 saturated heterocycles. The molecule has 0 bridgehead atoms. The van der Waals surface area contributed by atoms with Crippen molar-refractivity contribution in [1.82, 2.24) is 4.90 Å². The highest BCUT2D eigenvalue weighted by molar-refractivity contribution is 5.94. The van der Waals surface area contributed by atoms with E-state index >= 15 is 0 Å². The molecule has 0 saturated carbocycles. The van der Waals surface area contributed by atoms with Gasteiger partial charge in [0, 0.05) is 25.2 Å². The van der Waals surface area contributed by atoms with E-state index in [9.17, 15) is 14.4 Å². The first kappa shape index (κ1) is 20.6. The molecule has 2 amide bonds. The van der Waals surface area contributed by atoms with Crippen molar-refractivity contribution in [2.45, 2.75) is 26.7 Å². The number of carbonyl (C=O) groups is 3. The Balaban J connectivity index is 1.45. The number of nitrogens with zero attached hydrogens (tertiary/aromatic N) is 1. The number of ether oxygens (including phenoxy) is 1. The minimum Gasteiger partial charge on any atom is -0.455 e. The number of anilines is 1. The molecule has 3 rings (SSSR count). The lowest BCUT2D eigenvalue weighted by Crippen LogP contribution is -2.29. The first-order chi connectivity index (χ1) is 13.9. The summed E-state index contributed by atoms with van der Waals surface area (Å²) in [5.74, 6) is -1.47. The Kier molecular flexibility index (Phi) is 6.65. The van der Waals surface area contributed by atoms with Crippen LogP contribution in [0.15, 0.2) is 48.5 Å². The van der Waals surface area contributed by atoms with Crippen LogP contribution in [0.5, 0.6) is 0 Å². The molecule has 1 N–H and O–H groups in total. The van der Waals surface area contributed by atoms with Crippen LogP contribution in [0.2, 0.25) is 0 Å². The molecule has 0 aromatic heterocycles. The van der Waals surface area contributed by atoms with Crippen molar-refractivity contribution in [3.8, 4) is 0 Å². The van der Waals surface area contributed by atoms with Crippen molar-refractivity contribution in [2.75, 3.05) is 25.0 Å². The Morgan fingerprint density at radius 2 is 1.90 bits per heavy atom. The predicted molar refractivity (Wildman–Crippen MR) is 110 cm³/mol. The number of hydrogen-bond acceptors (Lipinski definition) is 4. The van der Waals surface area contributed by atoms with E-state index in [0.29, 0.717) is 18.8 Å². The van der Waals surface area contributed by atoms with Gasteiger partial charge in [-0.2, -0.15) is 0 Å². The van der Waals surface area contributed by atoms with Gasteiger partial charge in [0.2, 0.25) is 5.91 Å². The van der Waals surface area contributed by atoms with Crippen LogP contribution in [0.1, 0.15) is 23.1 Å². The average molecular weight is 394 g/mol. The summed E-state index contributed by atoms with van der Waals surface area (Å²) < 4.78 is 5.16. The summed E-state index contributed by atoms with van der Waals surface area (Å²) in [6.07, 6.45) is 0.874. The standard InChI is InChI=1S/C23H26N2O4/c1-16-8-9-17(2)20(12-16)24-21(26)15-29-23(28)19-13-22(27)25(14-19)11-10-18-6-4-3-5-7-18/h3-9,12,19H,10-11,13-15H2,1-2H3,(H,24,26)/t19-/m0/s1. The molecule has 2 aromatic carbocycles.